The molecule has 8 nitrogen and oxygen atoms in total. The van der Waals surface area contributed by atoms with E-state index in [1.54, 1.807) is 31.4 Å². The summed E-state index contributed by atoms with van der Waals surface area (Å²) in [6.07, 6.45) is 1.64. The molecule has 0 unspecified atom stereocenters. The van der Waals surface area contributed by atoms with Crippen LogP contribution < -0.4 is 5.66 Å². The molecule has 0 N–H and O–H groups in total. The first-order valence-corrected chi connectivity index (χ1v) is 6.83. The molecular weight excluding hydrogens is 289 g/mol. The first-order chi connectivity index (χ1) is 10.5. The lowest BCUT2D eigenvalue weighted by Crippen LogP contribution is -2.67. The van der Waals surface area contributed by atoms with Crippen molar-refractivity contribution in [1.82, 2.24) is 10.1 Å². The van der Waals surface area contributed by atoms with E-state index in [0.29, 0.717) is 11.4 Å². The van der Waals surface area contributed by atoms with Crippen LogP contribution in [0.2, 0.25) is 0 Å². The van der Waals surface area contributed by atoms with Crippen LogP contribution in [0.15, 0.2) is 35.0 Å². The lowest BCUT2D eigenvalue weighted by molar-refractivity contribution is -0.791. The highest BCUT2D eigenvalue weighted by atomic mass is 16.7. The fourth-order valence-electron chi connectivity index (χ4n) is 3.12. The van der Waals surface area contributed by atoms with Crippen LogP contribution in [0.1, 0.15) is 0 Å². The second kappa shape index (κ2) is 4.17. The molecule has 0 bridgehead atoms. The average Bonchev–Trinajstić information content (AvgIpc) is 3.09. The molecule has 0 atom stereocenters. The van der Waals surface area contributed by atoms with E-state index in [9.17, 15) is 9.59 Å². The third kappa shape index (κ3) is 1.62. The molecule has 0 saturated carbocycles. The largest absolute Gasteiger partial charge is 0.651 e. The fraction of sp³-hybridized carbons (Fsp3) is 0.231. The molecule has 2 fully saturated rings. The molecule has 2 aliphatic heterocycles. The van der Waals surface area contributed by atoms with Gasteiger partial charge in [0.2, 0.25) is 0 Å². The van der Waals surface area contributed by atoms with Crippen LogP contribution >= 0.6 is 0 Å². The van der Waals surface area contributed by atoms with Gasteiger partial charge in [-0.25, -0.2) is 0 Å². The van der Waals surface area contributed by atoms with E-state index < -0.39 is 18.6 Å². The highest BCUT2D eigenvalue weighted by Gasteiger charge is 2.68. The number of pyridine rings is 1. The number of hydrogen-bond acceptors (Lipinski definition) is 7. The fourth-order valence-corrected chi connectivity index (χ4v) is 3.12. The lowest BCUT2D eigenvalue weighted by atomic mass is 9.65. The molecule has 0 aliphatic carbocycles. The first-order valence-electron chi connectivity index (χ1n) is 6.83. The standard InChI is InChI=1S/C13H12BN3O5/c1-17-7-12(18)20-14(17,21-13(19)8-17)11-6-10(16-22-11)9-4-2-3-5-15-9/h2-6H,7-8H2,1H3. The Balaban J connectivity index is 1.80. The minimum atomic E-state index is -2.38. The molecule has 112 valence electrons. The first kappa shape index (κ1) is 13.0. The van der Waals surface area contributed by atoms with Gasteiger partial charge in [-0.2, -0.15) is 0 Å². The van der Waals surface area contributed by atoms with Crippen molar-refractivity contribution >= 4 is 24.3 Å². The Kier molecular flexibility index (Phi) is 2.47. The molecule has 9 heteroatoms. The number of likely N-dealkylation sites (N-methyl/N-ethyl adjacent to an activating group) is 1. The minimum absolute atomic E-state index is 0.0223. The van der Waals surface area contributed by atoms with Crippen LogP contribution in [-0.2, 0) is 18.9 Å². The van der Waals surface area contributed by atoms with Crippen LogP contribution in [0.4, 0.5) is 0 Å². The lowest BCUT2D eigenvalue weighted by Gasteiger charge is -2.37. The van der Waals surface area contributed by atoms with Gasteiger partial charge in [-0.05, 0) is 18.2 Å². The summed E-state index contributed by atoms with van der Waals surface area (Å²) < 4.78 is 16.1. The third-order valence-corrected chi connectivity index (χ3v) is 4.20. The maximum atomic E-state index is 11.7. The van der Waals surface area contributed by atoms with Gasteiger partial charge >= 0.3 is 18.6 Å². The normalized spacial score (nSPS) is 30.0. The van der Waals surface area contributed by atoms with E-state index in [0.717, 1.165) is 0 Å². The zero-order valence-corrected chi connectivity index (χ0v) is 11.8. The van der Waals surface area contributed by atoms with E-state index >= 15 is 0 Å². The second-order valence-electron chi connectivity index (χ2n) is 5.78. The highest BCUT2D eigenvalue weighted by Crippen LogP contribution is 2.33. The monoisotopic (exact) mass is 301 g/mol. The zero-order chi connectivity index (χ0) is 15.4. The Morgan fingerprint density at radius 3 is 2.50 bits per heavy atom. The van der Waals surface area contributed by atoms with E-state index in [4.69, 9.17) is 13.8 Å². The molecule has 0 aromatic carbocycles. The molecule has 22 heavy (non-hydrogen) atoms. The van der Waals surface area contributed by atoms with E-state index in [1.807, 2.05) is 6.07 Å². The maximum absolute atomic E-state index is 11.7. The van der Waals surface area contributed by atoms with Crippen LogP contribution in [0.25, 0.3) is 11.4 Å². The van der Waals surface area contributed by atoms with E-state index in [2.05, 4.69) is 10.1 Å². The second-order valence-corrected chi connectivity index (χ2v) is 5.78. The number of nitrogens with zero attached hydrogens (tertiary/aromatic N) is 3. The zero-order valence-electron chi connectivity index (χ0n) is 11.8. The van der Waals surface area contributed by atoms with Gasteiger partial charge in [0, 0.05) is 13.2 Å². The Morgan fingerprint density at radius 1 is 1.14 bits per heavy atom. The van der Waals surface area contributed by atoms with Gasteiger partial charge in [-0.3, -0.25) is 14.6 Å². The number of aromatic nitrogens is 2. The van der Waals surface area contributed by atoms with Gasteiger partial charge in [-0.1, -0.05) is 11.2 Å². The van der Waals surface area contributed by atoms with Gasteiger partial charge in [0.1, 0.15) is 24.4 Å². The third-order valence-electron chi connectivity index (χ3n) is 4.20. The van der Waals surface area contributed by atoms with Gasteiger partial charge in [0.25, 0.3) is 0 Å². The Bertz CT molecular complexity index is 755. The Morgan fingerprint density at radius 2 is 1.86 bits per heavy atom. The molecular formula is C13H12BN3O5. The number of carbonyl (C=O) groups excluding carboxylic acids is 2. The molecule has 2 aromatic rings. The number of fused-ring (bicyclic) bond motifs is 1. The van der Waals surface area contributed by atoms with Crippen molar-refractivity contribution in [2.24, 2.45) is 0 Å². The van der Waals surface area contributed by atoms with Crippen molar-refractivity contribution in [3.63, 3.8) is 0 Å². The summed E-state index contributed by atoms with van der Waals surface area (Å²) in [6, 6.07) is 7.00. The number of carbonyl (C=O) groups is 2. The predicted molar refractivity (Wildman–Crippen MR) is 73.2 cm³/mol. The molecule has 0 radical (unpaired) electrons. The summed E-state index contributed by atoms with van der Waals surface area (Å²) in [5.41, 5.74) is 1.34. The number of rotatable bonds is 2. The molecule has 4 heterocycles. The van der Waals surface area contributed by atoms with Crippen LogP contribution in [0.3, 0.4) is 0 Å². The van der Waals surface area contributed by atoms with Gasteiger partial charge in [0.05, 0.1) is 5.69 Å². The highest BCUT2D eigenvalue weighted by molar-refractivity contribution is 6.78. The molecule has 2 aliphatic rings. The molecule has 2 aromatic heterocycles. The van der Waals surface area contributed by atoms with Crippen molar-refractivity contribution in [1.29, 1.82) is 0 Å². The smallest absolute Gasteiger partial charge is 0.594 e. The summed E-state index contributed by atoms with van der Waals surface area (Å²) in [6.45, 7) is -2.26. The van der Waals surface area contributed by atoms with Crippen molar-refractivity contribution in [3.8, 4) is 11.4 Å². The van der Waals surface area contributed by atoms with Gasteiger partial charge in [0.15, 0.2) is 0 Å². The van der Waals surface area contributed by atoms with Crippen molar-refractivity contribution in [3.05, 3.63) is 30.5 Å². The van der Waals surface area contributed by atoms with Gasteiger partial charge < -0.3 is 18.2 Å². The van der Waals surface area contributed by atoms with Crippen LogP contribution in [-0.4, -0.2) is 53.3 Å². The van der Waals surface area contributed by atoms with E-state index in [-0.39, 0.29) is 23.1 Å². The Hall–Kier alpha value is -2.68. The van der Waals surface area contributed by atoms with Crippen LogP contribution in [0.5, 0.6) is 0 Å². The topological polar surface area (TPSA) is 91.5 Å². The average molecular weight is 301 g/mol. The molecule has 0 amide bonds. The SMILES string of the molecule is C[N+]12CC(=O)O[B-]1(c1cc(-c3ccccn3)no1)OC(=O)C2. The van der Waals surface area contributed by atoms with Crippen LogP contribution in [0, 0.1) is 0 Å². The van der Waals surface area contributed by atoms with Gasteiger partial charge in [-0.15, -0.1) is 0 Å². The predicted octanol–water partition coefficient (Wildman–Crippen LogP) is -0.557. The quantitative estimate of drug-likeness (QED) is 0.687. The number of hydrogen-bond donors (Lipinski definition) is 0. The summed E-state index contributed by atoms with van der Waals surface area (Å²) in [5, 5.41) is 3.95. The molecule has 2 saturated heterocycles. The summed E-state index contributed by atoms with van der Waals surface area (Å²) in [7, 11) is 1.73. The molecule has 0 spiro atoms. The summed E-state index contributed by atoms with van der Waals surface area (Å²) in [4.78, 5) is 27.7. The molecule has 4 rings (SSSR count). The van der Waals surface area contributed by atoms with E-state index in [1.165, 1.54) is 0 Å². The number of quaternary nitrogens is 1. The van der Waals surface area contributed by atoms with Crippen molar-refractivity contribution in [2.45, 2.75) is 0 Å². The summed E-state index contributed by atoms with van der Waals surface area (Å²) in [5.74, 6) is -0.850. The van der Waals surface area contributed by atoms with Crippen molar-refractivity contribution in [2.75, 3.05) is 20.1 Å². The van der Waals surface area contributed by atoms with Crippen molar-refractivity contribution < 1.29 is 27.8 Å². The summed E-state index contributed by atoms with van der Waals surface area (Å²) >= 11 is 0. The maximum Gasteiger partial charge on any atom is 0.651 e. The minimum Gasteiger partial charge on any atom is -0.594 e. The Labute approximate surface area is 125 Å².